The zero-order valence-corrected chi connectivity index (χ0v) is 13.6. The summed E-state index contributed by atoms with van der Waals surface area (Å²) < 4.78 is 7.74. The molecule has 0 radical (unpaired) electrons. The van der Waals surface area contributed by atoms with Crippen molar-refractivity contribution >= 4 is 14.0 Å². The van der Waals surface area contributed by atoms with Gasteiger partial charge in [-0.3, -0.25) is 4.68 Å². The smallest absolute Gasteiger partial charge is 0.354 e. The third-order valence-corrected chi connectivity index (χ3v) is 8.12. The predicted octanol–water partition coefficient (Wildman–Crippen LogP) is 2.88. The van der Waals surface area contributed by atoms with Gasteiger partial charge in [0.05, 0.1) is 18.1 Å². The second-order valence-corrected chi connectivity index (χ2v) is 10.8. The lowest BCUT2D eigenvalue weighted by molar-refractivity contribution is -0.736. The quantitative estimate of drug-likeness (QED) is 0.596. The molecule has 0 aliphatic heterocycles. The Hall–Kier alpha value is -1.21. The normalized spacial score (nSPS) is 12.5. The van der Waals surface area contributed by atoms with Crippen molar-refractivity contribution in [3.8, 4) is 0 Å². The molecule has 0 aliphatic rings. The highest BCUT2D eigenvalue weighted by Gasteiger charge is 2.36. The van der Waals surface area contributed by atoms with Crippen LogP contribution >= 0.6 is 0 Å². The third kappa shape index (κ3) is 4.14. The minimum Gasteiger partial charge on any atom is -0.415 e. The summed E-state index contributed by atoms with van der Waals surface area (Å²) in [7, 11) is -0.394. The van der Waals surface area contributed by atoms with Gasteiger partial charge in [-0.25, -0.2) is 4.84 Å². The summed E-state index contributed by atoms with van der Waals surface area (Å²) in [5.74, 6) is 0. The Morgan fingerprint density at radius 1 is 1.42 bits per heavy atom. The lowest BCUT2D eigenvalue weighted by Gasteiger charge is -2.36. The van der Waals surface area contributed by atoms with Gasteiger partial charge in [-0.15, -0.1) is 0 Å². The highest BCUT2D eigenvalue weighted by molar-refractivity contribution is 6.74. The van der Waals surface area contributed by atoms with Crippen molar-refractivity contribution in [2.45, 2.75) is 45.4 Å². The molecule has 0 amide bonds. The standard InChI is InChI=1S/C12H24N3O3Si/c1-12(2,3)19(5,6)18-8-7-14-10-11(9-13-14)15(16)17-4/h9-10H,7-8H2,1-6H3/q+1. The van der Waals surface area contributed by atoms with E-state index in [2.05, 4.69) is 43.8 Å². The Labute approximate surface area is 115 Å². The topological polar surface area (TPSA) is 56.4 Å². The first-order chi connectivity index (χ1) is 8.67. The van der Waals surface area contributed by atoms with Crippen LogP contribution in [0, 0.1) is 4.91 Å². The van der Waals surface area contributed by atoms with Gasteiger partial charge in [0.25, 0.3) is 4.92 Å². The minimum atomic E-state index is -1.72. The van der Waals surface area contributed by atoms with E-state index in [1.165, 1.54) is 13.3 Å². The van der Waals surface area contributed by atoms with E-state index < -0.39 is 8.32 Å². The molecule has 0 aliphatic carbocycles. The Morgan fingerprint density at radius 2 is 2.05 bits per heavy atom. The van der Waals surface area contributed by atoms with Crippen LogP contribution in [0.3, 0.4) is 0 Å². The van der Waals surface area contributed by atoms with Crippen LogP contribution in [0.2, 0.25) is 18.1 Å². The molecule has 108 valence electrons. The van der Waals surface area contributed by atoms with Crippen molar-refractivity contribution < 1.29 is 14.2 Å². The summed E-state index contributed by atoms with van der Waals surface area (Å²) in [6.45, 7) is 12.3. The first-order valence-corrected chi connectivity index (χ1v) is 9.26. The second-order valence-electron chi connectivity index (χ2n) is 6.01. The van der Waals surface area contributed by atoms with Crippen LogP contribution < -0.4 is 0 Å². The van der Waals surface area contributed by atoms with Gasteiger partial charge < -0.3 is 4.43 Å². The van der Waals surface area contributed by atoms with Crippen LogP contribution in [0.5, 0.6) is 0 Å². The van der Waals surface area contributed by atoms with Crippen molar-refractivity contribution in [3.63, 3.8) is 0 Å². The summed E-state index contributed by atoms with van der Waals surface area (Å²) >= 11 is 0. The molecule has 0 saturated heterocycles. The summed E-state index contributed by atoms with van der Waals surface area (Å²) in [5, 5.41) is 4.30. The molecule has 1 rings (SSSR count). The van der Waals surface area contributed by atoms with E-state index in [1.807, 2.05) is 0 Å². The van der Waals surface area contributed by atoms with E-state index in [0.29, 0.717) is 23.8 Å². The van der Waals surface area contributed by atoms with Crippen LogP contribution in [0.4, 0.5) is 5.69 Å². The van der Waals surface area contributed by atoms with E-state index in [1.54, 1.807) is 10.9 Å². The van der Waals surface area contributed by atoms with E-state index in [-0.39, 0.29) is 5.04 Å². The van der Waals surface area contributed by atoms with Gasteiger partial charge in [0.1, 0.15) is 12.4 Å². The van der Waals surface area contributed by atoms with Crippen molar-refractivity contribution in [3.05, 3.63) is 17.3 Å². The molecule has 1 heterocycles. The average Bonchev–Trinajstić information content (AvgIpc) is 2.75. The molecule has 0 bridgehead atoms. The van der Waals surface area contributed by atoms with Crippen LogP contribution in [-0.4, -0.2) is 36.7 Å². The van der Waals surface area contributed by atoms with Gasteiger partial charge in [0.15, 0.2) is 15.4 Å². The van der Waals surface area contributed by atoms with Crippen molar-refractivity contribution in [1.82, 2.24) is 9.78 Å². The fraction of sp³-hybridized carbons (Fsp3) is 0.750. The zero-order valence-electron chi connectivity index (χ0n) is 12.6. The SMILES string of the molecule is CO[N+](=O)c1cnn(CCO[Si](C)(C)C(C)(C)C)c1. The van der Waals surface area contributed by atoms with Crippen LogP contribution in [-0.2, 0) is 15.8 Å². The van der Waals surface area contributed by atoms with Crippen molar-refractivity contribution in [2.75, 3.05) is 13.7 Å². The number of aromatic nitrogens is 2. The van der Waals surface area contributed by atoms with Gasteiger partial charge in [-0.1, -0.05) is 20.8 Å². The highest BCUT2D eigenvalue weighted by Crippen LogP contribution is 2.36. The molecular formula is C12H24N3O3Si+. The number of nitrogens with zero attached hydrogens (tertiary/aromatic N) is 3. The van der Waals surface area contributed by atoms with Gasteiger partial charge in [-0.05, 0) is 18.1 Å². The van der Waals surface area contributed by atoms with Crippen molar-refractivity contribution in [2.24, 2.45) is 0 Å². The third-order valence-electron chi connectivity index (χ3n) is 3.59. The number of hydrogen-bond donors (Lipinski definition) is 0. The van der Waals surface area contributed by atoms with Crippen LogP contribution in [0.15, 0.2) is 12.4 Å². The average molecular weight is 286 g/mol. The Kier molecular flexibility index (Phi) is 4.86. The lowest BCUT2D eigenvalue weighted by atomic mass is 10.2. The van der Waals surface area contributed by atoms with E-state index in [9.17, 15) is 4.91 Å². The van der Waals surface area contributed by atoms with E-state index in [4.69, 9.17) is 4.43 Å². The molecule has 0 atom stereocenters. The number of hydrogen-bond acceptors (Lipinski definition) is 4. The zero-order chi connectivity index (χ0) is 14.7. The molecular weight excluding hydrogens is 262 g/mol. The highest BCUT2D eigenvalue weighted by atomic mass is 28.4. The molecule has 1 aromatic heterocycles. The largest absolute Gasteiger partial charge is 0.415 e. The van der Waals surface area contributed by atoms with Crippen molar-refractivity contribution in [1.29, 1.82) is 0 Å². The Balaban J connectivity index is 2.50. The van der Waals surface area contributed by atoms with Gasteiger partial charge in [-0.2, -0.15) is 5.10 Å². The fourth-order valence-corrected chi connectivity index (χ4v) is 2.32. The first kappa shape index (κ1) is 15.8. The number of rotatable bonds is 6. The molecule has 0 aromatic carbocycles. The van der Waals surface area contributed by atoms with Crippen LogP contribution in [0.1, 0.15) is 20.8 Å². The van der Waals surface area contributed by atoms with Gasteiger partial charge >= 0.3 is 5.69 Å². The van der Waals surface area contributed by atoms with E-state index >= 15 is 0 Å². The maximum absolute atomic E-state index is 11.2. The van der Waals surface area contributed by atoms with E-state index in [0.717, 1.165) is 0 Å². The van der Waals surface area contributed by atoms with Crippen LogP contribution in [0.25, 0.3) is 0 Å². The summed E-state index contributed by atoms with van der Waals surface area (Å²) in [6, 6.07) is 0. The molecule has 7 heteroatoms. The molecule has 0 fully saturated rings. The summed E-state index contributed by atoms with van der Waals surface area (Å²) in [5.41, 5.74) is 0.384. The second kappa shape index (κ2) is 5.83. The maximum Gasteiger partial charge on any atom is 0.354 e. The molecule has 0 N–H and O–H groups in total. The van der Waals surface area contributed by atoms with Gasteiger partial charge in [0.2, 0.25) is 0 Å². The maximum atomic E-state index is 11.2. The minimum absolute atomic E-state index is 0.199. The molecule has 0 saturated carbocycles. The monoisotopic (exact) mass is 286 g/mol. The molecule has 0 spiro atoms. The Morgan fingerprint density at radius 3 is 2.58 bits per heavy atom. The molecule has 1 aromatic rings. The molecule has 6 nitrogen and oxygen atoms in total. The first-order valence-electron chi connectivity index (χ1n) is 6.35. The Bertz CT molecular complexity index is 438. The molecule has 0 unspecified atom stereocenters. The molecule has 19 heavy (non-hydrogen) atoms. The lowest BCUT2D eigenvalue weighted by Crippen LogP contribution is -2.41. The predicted molar refractivity (Wildman–Crippen MR) is 75.7 cm³/mol. The summed E-state index contributed by atoms with van der Waals surface area (Å²) in [6.07, 6.45) is 3.12. The summed E-state index contributed by atoms with van der Waals surface area (Å²) in [4.78, 5) is 16.2. The van der Waals surface area contributed by atoms with Gasteiger partial charge in [0, 0.05) is 0 Å². The fourth-order valence-electron chi connectivity index (χ4n) is 1.29.